The van der Waals surface area contributed by atoms with Gasteiger partial charge in [0.05, 0.1) is 24.7 Å². The summed E-state index contributed by atoms with van der Waals surface area (Å²) in [5.41, 5.74) is 1.64. The predicted molar refractivity (Wildman–Crippen MR) is 111 cm³/mol. The van der Waals surface area contributed by atoms with Gasteiger partial charge in [-0.3, -0.25) is 14.5 Å². The zero-order valence-corrected chi connectivity index (χ0v) is 17.5. The first-order valence-electron chi connectivity index (χ1n) is 10.7. The monoisotopic (exact) mass is 405 g/mol. The summed E-state index contributed by atoms with van der Waals surface area (Å²) in [6, 6.07) is 9.33. The fourth-order valence-electron chi connectivity index (χ4n) is 5.26. The Balaban J connectivity index is 1.39. The zero-order chi connectivity index (χ0) is 21.4. The number of amides is 2. The normalized spacial score (nSPS) is 27.7. The third-order valence-electron chi connectivity index (χ3n) is 6.85. The van der Waals surface area contributed by atoms with Gasteiger partial charge in [-0.25, -0.2) is 4.85 Å². The summed E-state index contributed by atoms with van der Waals surface area (Å²) < 4.78 is 0. The van der Waals surface area contributed by atoms with Gasteiger partial charge in [-0.15, -0.1) is 0 Å². The molecule has 30 heavy (non-hydrogen) atoms. The van der Waals surface area contributed by atoms with E-state index in [9.17, 15) is 14.9 Å². The van der Waals surface area contributed by atoms with Gasteiger partial charge in [0.2, 0.25) is 11.8 Å². The molecule has 1 aromatic carbocycles. The van der Waals surface area contributed by atoms with Crippen LogP contribution in [0.4, 0.5) is 5.69 Å². The molecule has 0 aromatic heterocycles. The molecular weight excluding hydrogens is 378 g/mol. The first-order chi connectivity index (χ1) is 14.4. The Kier molecular flexibility index (Phi) is 5.49. The third-order valence-corrected chi connectivity index (χ3v) is 6.85. The average molecular weight is 406 g/mol. The van der Waals surface area contributed by atoms with E-state index >= 15 is 0 Å². The van der Waals surface area contributed by atoms with Gasteiger partial charge >= 0.3 is 0 Å². The highest BCUT2D eigenvalue weighted by molar-refractivity contribution is 5.86. The second-order valence-corrected chi connectivity index (χ2v) is 8.70. The van der Waals surface area contributed by atoms with Gasteiger partial charge in [0.25, 0.3) is 0 Å². The number of rotatable bonds is 5. The van der Waals surface area contributed by atoms with Gasteiger partial charge in [-0.05, 0) is 31.7 Å². The highest BCUT2D eigenvalue weighted by atomic mass is 16.2. The molecule has 7 heteroatoms. The molecule has 3 saturated heterocycles. The van der Waals surface area contributed by atoms with Crippen molar-refractivity contribution in [1.82, 2.24) is 14.7 Å². The van der Waals surface area contributed by atoms with Crippen LogP contribution in [0.1, 0.15) is 44.7 Å². The van der Waals surface area contributed by atoms with Gasteiger partial charge in [0, 0.05) is 31.6 Å². The van der Waals surface area contributed by atoms with E-state index in [1.54, 1.807) is 17.0 Å². The van der Waals surface area contributed by atoms with Crippen molar-refractivity contribution in [3.05, 3.63) is 41.2 Å². The molecule has 3 heterocycles. The molecule has 2 amide bonds. The van der Waals surface area contributed by atoms with Crippen molar-refractivity contribution >= 4 is 17.5 Å². The van der Waals surface area contributed by atoms with Crippen molar-refractivity contribution < 1.29 is 9.59 Å². The van der Waals surface area contributed by atoms with Crippen LogP contribution in [0.5, 0.6) is 0 Å². The smallest absolute Gasteiger partial charge is 0.240 e. The van der Waals surface area contributed by atoms with Gasteiger partial charge in [-0.2, -0.15) is 5.26 Å². The van der Waals surface area contributed by atoms with Crippen LogP contribution in [0.15, 0.2) is 24.3 Å². The maximum absolute atomic E-state index is 13.1. The summed E-state index contributed by atoms with van der Waals surface area (Å²) >= 11 is 0. The Bertz CT molecular complexity index is 915. The molecular formula is C23H27N5O2. The number of carbonyl (C=O) groups excluding carboxylic acids is 2. The Morgan fingerprint density at radius 1 is 1.33 bits per heavy atom. The molecule has 1 aromatic rings. The van der Waals surface area contributed by atoms with Gasteiger partial charge in [0.15, 0.2) is 5.69 Å². The lowest BCUT2D eigenvalue weighted by molar-refractivity contribution is -0.142. The van der Waals surface area contributed by atoms with Crippen molar-refractivity contribution in [3.63, 3.8) is 0 Å². The van der Waals surface area contributed by atoms with Gasteiger partial charge < -0.3 is 9.80 Å². The van der Waals surface area contributed by atoms with E-state index in [1.807, 2.05) is 30.9 Å². The first-order valence-corrected chi connectivity index (χ1v) is 10.7. The van der Waals surface area contributed by atoms with Crippen LogP contribution in [-0.4, -0.2) is 64.3 Å². The molecule has 3 aliphatic heterocycles. The van der Waals surface area contributed by atoms with E-state index in [4.69, 9.17) is 6.57 Å². The van der Waals surface area contributed by atoms with Crippen LogP contribution in [-0.2, 0) is 9.59 Å². The van der Waals surface area contributed by atoms with Crippen LogP contribution < -0.4 is 0 Å². The quantitative estimate of drug-likeness (QED) is 0.706. The van der Waals surface area contributed by atoms with Crippen LogP contribution in [0.2, 0.25) is 0 Å². The minimum absolute atomic E-state index is 0.0272. The Hall–Kier alpha value is -2.90. The number of piperazine rings is 1. The minimum atomic E-state index is -0.304. The lowest BCUT2D eigenvalue weighted by Crippen LogP contribution is -2.53. The molecule has 0 N–H and O–H groups in total. The fourth-order valence-corrected chi connectivity index (χ4v) is 5.26. The van der Waals surface area contributed by atoms with Crippen LogP contribution in [0.25, 0.3) is 4.85 Å². The number of hydrogen-bond acceptors (Lipinski definition) is 4. The van der Waals surface area contributed by atoms with Crippen LogP contribution in [0.3, 0.4) is 0 Å². The van der Waals surface area contributed by atoms with Crippen molar-refractivity contribution in [2.75, 3.05) is 19.6 Å². The van der Waals surface area contributed by atoms with E-state index in [-0.39, 0.29) is 41.9 Å². The molecule has 0 aliphatic carbocycles. The summed E-state index contributed by atoms with van der Waals surface area (Å²) in [5, 5.41) is 9.26. The predicted octanol–water partition coefficient (Wildman–Crippen LogP) is 2.73. The van der Waals surface area contributed by atoms with Crippen molar-refractivity contribution in [2.24, 2.45) is 5.92 Å². The molecule has 0 saturated carbocycles. The summed E-state index contributed by atoms with van der Waals surface area (Å²) in [6.45, 7) is 13.0. The minimum Gasteiger partial charge on any atom is -0.330 e. The van der Waals surface area contributed by atoms with Crippen LogP contribution >= 0.6 is 0 Å². The number of likely N-dealkylation sites (tertiary alicyclic amines) is 3. The van der Waals surface area contributed by atoms with Crippen molar-refractivity contribution in [2.45, 2.75) is 57.3 Å². The standard InChI is InChI=1S/C23H27N5O2/c1-15(22(29)27-10-4-5-19(27)12-24)13-26-14-20-11-21(26)23(30)28(20)16(2)17-6-8-18(25-3)9-7-17/h6-9,15-16,19-21H,4-5,10-11,13-14H2,1-2H3/t15-,16+,19-,20+,21+/m0/s1. The van der Waals surface area contributed by atoms with E-state index in [1.165, 1.54) is 0 Å². The highest BCUT2D eigenvalue weighted by Crippen LogP contribution is 2.38. The van der Waals surface area contributed by atoms with Gasteiger partial charge in [-0.1, -0.05) is 31.2 Å². The maximum atomic E-state index is 13.1. The van der Waals surface area contributed by atoms with E-state index in [0.29, 0.717) is 18.8 Å². The molecule has 5 atom stereocenters. The first kappa shape index (κ1) is 20.4. The highest BCUT2D eigenvalue weighted by Gasteiger charge is 2.51. The summed E-state index contributed by atoms with van der Waals surface area (Å²) in [7, 11) is 0. The molecule has 2 bridgehead atoms. The number of carbonyl (C=O) groups is 2. The second-order valence-electron chi connectivity index (χ2n) is 8.70. The molecule has 3 aliphatic rings. The topological polar surface area (TPSA) is 72.0 Å². The molecule has 4 rings (SSSR count). The summed E-state index contributed by atoms with van der Waals surface area (Å²) in [4.78, 5) is 35.2. The van der Waals surface area contributed by atoms with Gasteiger partial charge in [0.1, 0.15) is 6.04 Å². The largest absolute Gasteiger partial charge is 0.330 e. The number of nitriles is 1. The Labute approximate surface area is 177 Å². The number of benzene rings is 1. The number of hydrogen-bond donors (Lipinski definition) is 0. The molecule has 3 fully saturated rings. The third kappa shape index (κ3) is 3.44. The number of nitrogens with zero attached hydrogens (tertiary/aromatic N) is 5. The summed E-state index contributed by atoms with van der Waals surface area (Å²) in [5.74, 6) is -0.0683. The summed E-state index contributed by atoms with van der Waals surface area (Å²) in [6.07, 6.45) is 2.44. The molecule has 0 unspecified atom stereocenters. The van der Waals surface area contributed by atoms with Crippen LogP contribution in [0, 0.1) is 23.8 Å². The number of fused-ring (bicyclic) bond motifs is 2. The second kappa shape index (κ2) is 8.08. The molecule has 0 radical (unpaired) electrons. The van der Waals surface area contributed by atoms with Crippen molar-refractivity contribution in [1.29, 1.82) is 5.26 Å². The Morgan fingerprint density at radius 2 is 2.07 bits per heavy atom. The van der Waals surface area contributed by atoms with Crippen molar-refractivity contribution in [3.8, 4) is 6.07 Å². The fraction of sp³-hybridized carbons (Fsp3) is 0.565. The molecule has 7 nitrogen and oxygen atoms in total. The zero-order valence-electron chi connectivity index (χ0n) is 17.5. The van der Waals surface area contributed by atoms with E-state index < -0.39 is 0 Å². The Morgan fingerprint density at radius 3 is 2.70 bits per heavy atom. The van der Waals surface area contributed by atoms with E-state index in [2.05, 4.69) is 15.8 Å². The lowest BCUT2D eigenvalue weighted by atomic mass is 10.0. The average Bonchev–Trinajstić information content (AvgIpc) is 3.47. The van der Waals surface area contributed by atoms with E-state index in [0.717, 1.165) is 31.4 Å². The maximum Gasteiger partial charge on any atom is 0.240 e. The lowest BCUT2D eigenvalue weighted by Gasteiger charge is -2.38. The molecule has 156 valence electrons. The molecule has 0 spiro atoms. The SMILES string of the molecule is [C-]#[N+]c1ccc([C@@H](C)N2C(=O)[C@H]3C[C@@H]2CN3C[C@H](C)C(=O)N2CCC[C@H]2C#N)cc1.